The van der Waals surface area contributed by atoms with E-state index < -0.39 is 28.4 Å². The van der Waals surface area contributed by atoms with Crippen LogP contribution in [0.15, 0.2) is 82.8 Å². The van der Waals surface area contributed by atoms with Crippen molar-refractivity contribution in [1.82, 2.24) is 5.43 Å². The Morgan fingerprint density at radius 2 is 1.77 bits per heavy atom. The van der Waals surface area contributed by atoms with Gasteiger partial charge in [-0.15, -0.1) is 0 Å². The van der Waals surface area contributed by atoms with Crippen molar-refractivity contribution >= 4 is 45.3 Å². The molecule has 182 valence electrons. The number of halogens is 1. The van der Waals surface area contributed by atoms with Gasteiger partial charge in [0.1, 0.15) is 12.3 Å². The van der Waals surface area contributed by atoms with Crippen molar-refractivity contribution in [3.05, 3.63) is 88.9 Å². The third kappa shape index (κ3) is 7.29. The molecule has 2 amide bonds. The molecule has 0 radical (unpaired) electrons. The molecule has 3 rings (SSSR count). The second kappa shape index (κ2) is 11.5. The van der Waals surface area contributed by atoms with Gasteiger partial charge in [-0.05, 0) is 67.1 Å². The Labute approximate surface area is 208 Å². The van der Waals surface area contributed by atoms with Gasteiger partial charge in [0.05, 0.1) is 16.8 Å². The Kier molecular flexibility index (Phi) is 8.45. The summed E-state index contributed by atoms with van der Waals surface area (Å²) in [6.45, 7) is 1.09. The molecule has 3 aromatic carbocycles. The van der Waals surface area contributed by atoms with Gasteiger partial charge in [-0.1, -0.05) is 35.4 Å². The van der Waals surface area contributed by atoms with Crippen LogP contribution < -0.4 is 20.2 Å². The molecule has 0 aliphatic rings. The summed E-state index contributed by atoms with van der Waals surface area (Å²) in [6.07, 6.45) is 1.38. The largest absolute Gasteiger partial charge is 0.484 e. The number of ether oxygens (including phenoxy) is 1. The molecular formula is C24H23ClN4O5S. The number of amides is 2. The zero-order valence-corrected chi connectivity index (χ0v) is 20.3. The maximum atomic E-state index is 13.3. The van der Waals surface area contributed by atoms with Crippen LogP contribution in [0.3, 0.4) is 0 Å². The number of aryl methyl sites for hydroxylation is 1. The molecule has 0 aliphatic heterocycles. The molecule has 0 saturated carbocycles. The fourth-order valence-corrected chi connectivity index (χ4v) is 4.53. The van der Waals surface area contributed by atoms with Crippen LogP contribution >= 0.6 is 11.6 Å². The summed E-state index contributed by atoms with van der Waals surface area (Å²) in [5.41, 5.74) is 9.14. The summed E-state index contributed by atoms with van der Waals surface area (Å²) in [7, 11) is -4.06. The summed E-state index contributed by atoms with van der Waals surface area (Å²) < 4.78 is 32.8. The number of hydrogen-bond acceptors (Lipinski definition) is 6. The molecule has 35 heavy (non-hydrogen) atoms. The quantitative estimate of drug-likeness (QED) is 0.317. The van der Waals surface area contributed by atoms with E-state index in [4.69, 9.17) is 22.1 Å². The lowest BCUT2D eigenvalue weighted by Gasteiger charge is -2.24. The number of nitrogens with one attached hydrogen (secondary N) is 1. The number of rotatable bonds is 10. The number of nitrogens with zero attached hydrogens (tertiary/aromatic N) is 2. The first-order valence-electron chi connectivity index (χ1n) is 10.3. The minimum absolute atomic E-state index is 0.0398. The molecule has 3 N–H and O–H groups in total. The van der Waals surface area contributed by atoms with E-state index in [2.05, 4.69) is 10.5 Å². The Morgan fingerprint density at radius 3 is 2.40 bits per heavy atom. The van der Waals surface area contributed by atoms with E-state index in [-0.39, 0.29) is 17.2 Å². The van der Waals surface area contributed by atoms with Crippen LogP contribution in [0.2, 0.25) is 5.02 Å². The molecule has 0 fully saturated rings. The predicted octanol–water partition coefficient (Wildman–Crippen LogP) is 2.86. The molecule has 3 aromatic rings. The number of hydrazone groups is 1. The molecule has 0 unspecified atom stereocenters. The van der Waals surface area contributed by atoms with Gasteiger partial charge in [0, 0.05) is 5.02 Å². The highest BCUT2D eigenvalue weighted by Crippen LogP contribution is 2.26. The van der Waals surface area contributed by atoms with Crippen LogP contribution in [0.4, 0.5) is 5.69 Å². The molecule has 0 bridgehead atoms. The SMILES string of the molecule is Cc1ccc(S(=O)(=O)N(CC(=O)N/N=C\c2ccc(OCC(N)=O)cc2)c2cccc(Cl)c2)cc1. The van der Waals surface area contributed by atoms with Gasteiger partial charge in [0.25, 0.3) is 21.8 Å². The number of primary amides is 1. The number of hydrogen-bond donors (Lipinski definition) is 2. The average molecular weight is 515 g/mol. The van der Waals surface area contributed by atoms with E-state index in [1.807, 2.05) is 6.92 Å². The highest BCUT2D eigenvalue weighted by atomic mass is 35.5. The van der Waals surface area contributed by atoms with Gasteiger partial charge < -0.3 is 10.5 Å². The molecule has 0 atom stereocenters. The lowest BCUT2D eigenvalue weighted by Crippen LogP contribution is -2.39. The maximum Gasteiger partial charge on any atom is 0.264 e. The summed E-state index contributed by atoms with van der Waals surface area (Å²) in [6, 6.07) is 19.1. The number of nitrogens with two attached hydrogens (primary N) is 1. The van der Waals surface area contributed by atoms with Gasteiger partial charge in [0.2, 0.25) is 0 Å². The van der Waals surface area contributed by atoms with E-state index in [0.29, 0.717) is 16.3 Å². The van der Waals surface area contributed by atoms with Gasteiger partial charge in [-0.25, -0.2) is 13.8 Å². The highest BCUT2D eigenvalue weighted by Gasteiger charge is 2.27. The third-order valence-electron chi connectivity index (χ3n) is 4.66. The molecule has 9 nitrogen and oxygen atoms in total. The first-order chi connectivity index (χ1) is 16.6. The van der Waals surface area contributed by atoms with Gasteiger partial charge in [-0.3, -0.25) is 13.9 Å². The first kappa shape index (κ1) is 25.7. The van der Waals surface area contributed by atoms with Crippen LogP contribution in [0.5, 0.6) is 5.75 Å². The third-order valence-corrected chi connectivity index (χ3v) is 6.68. The average Bonchev–Trinajstić information content (AvgIpc) is 2.82. The molecule has 0 heterocycles. The normalized spacial score (nSPS) is 11.3. The summed E-state index contributed by atoms with van der Waals surface area (Å²) >= 11 is 6.06. The lowest BCUT2D eigenvalue weighted by atomic mass is 10.2. The van der Waals surface area contributed by atoms with Crippen molar-refractivity contribution in [2.45, 2.75) is 11.8 Å². The first-order valence-corrected chi connectivity index (χ1v) is 12.1. The van der Waals surface area contributed by atoms with E-state index in [1.54, 1.807) is 54.6 Å². The Hall–Kier alpha value is -3.89. The Balaban J connectivity index is 1.73. The Bertz CT molecular complexity index is 1330. The summed E-state index contributed by atoms with van der Waals surface area (Å²) in [5, 5.41) is 4.22. The smallest absolute Gasteiger partial charge is 0.264 e. The second-order valence-electron chi connectivity index (χ2n) is 7.42. The number of carbonyl (C=O) groups excluding carboxylic acids is 2. The van der Waals surface area contributed by atoms with E-state index >= 15 is 0 Å². The van der Waals surface area contributed by atoms with Gasteiger partial charge in [-0.2, -0.15) is 5.10 Å². The van der Waals surface area contributed by atoms with Crippen molar-refractivity contribution < 1.29 is 22.7 Å². The highest BCUT2D eigenvalue weighted by molar-refractivity contribution is 7.92. The number of benzene rings is 3. The zero-order valence-electron chi connectivity index (χ0n) is 18.7. The van der Waals surface area contributed by atoms with Crippen LogP contribution in [0, 0.1) is 6.92 Å². The molecule has 0 aromatic heterocycles. The number of carbonyl (C=O) groups is 2. The van der Waals surface area contributed by atoms with Crippen molar-refractivity contribution in [3.63, 3.8) is 0 Å². The number of sulfonamides is 1. The Morgan fingerprint density at radius 1 is 1.09 bits per heavy atom. The zero-order chi connectivity index (χ0) is 25.4. The van der Waals surface area contributed by atoms with Crippen molar-refractivity contribution in [2.24, 2.45) is 10.8 Å². The summed E-state index contributed by atoms with van der Waals surface area (Å²) in [4.78, 5) is 23.4. The molecule has 0 spiro atoms. The molecular weight excluding hydrogens is 492 g/mol. The lowest BCUT2D eigenvalue weighted by molar-refractivity contribution is -0.120. The monoisotopic (exact) mass is 514 g/mol. The van der Waals surface area contributed by atoms with Gasteiger partial charge >= 0.3 is 0 Å². The minimum Gasteiger partial charge on any atom is -0.484 e. The van der Waals surface area contributed by atoms with Crippen LogP contribution in [0.1, 0.15) is 11.1 Å². The summed E-state index contributed by atoms with van der Waals surface area (Å²) in [5.74, 6) is -0.795. The number of anilines is 1. The van der Waals surface area contributed by atoms with Crippen LogP contribution in [0.25, 0.3) is 0 Å². The van der Waals surface area contributed by atoms with E-state index in [0.717, 1.165) is 9.87 Å². The van der Waals surface area contributed by atoms with E-state index in [1.165, 1.54) is 24.4 Å². The van der Waals surface area contributed by atoms with Crippen LogP contribution in [-0.4, -0.2) is 39.6 Å². The predicted molar refractivity (Wildman–Crippen MR) is 134 cm³/mol. The fraction of sp³-hybridized carbons (Fsp3) is 0.125. The molecule has 0 aliphatic carbocycles. The van der Waals surface area contributed by atoms with Crippen LogP contribution in [-0.2, 0) is 19.6 Å². The van der Waals surface area contributed by atoms with Gasteiger partial charge in [0.15, 0.2) is 6.61 Å². The van der Waals surface area contributed by atoms with Crippen molar-refractivity contribution in [1.29, 1.82) is 0 Å². The maximum absolute atomic E-state index is 13.3. The standard InChI is InChI=1S/C24H23ClN4O5S/c1-17-5-11-22(12-6-17)35(32,33)29(20-4-2-3-19(25)13-20)15-24(31)28-27-14-18-7-9-21(10-8-18)34-16-23(26)30/h2-14H,15-16H2,1H3,(H2,26,30)(H,28,31)/b27-14-. The van der Waals surface area contributed by atoms with Crippen molar-refractivity contribution in [3.8, 4) is 5.75 Å². The molecule has 11 heteroatoms. The molecule has 0 saturated heterocycles. The fourth-order valence-electron chi connectivity index (χ4n) is 2.93. The van der Waals surface area contributed by atoms with E-state index in [9.17, 15) is 18.0 Å². The van der Waals surface area contributed by atoms with Crippen molar-refractivity contribution in [2.75, 3.05) is 17.5 Å². The topological polar surface area (TPSA) is 131 Å². The minimum atomic E-state index is -4.06. The second-order valence-corrected chi connectivity index (χ2v) is 9.72.